The van der Waals surface area contributed by atoms with Crippen LogP contribution in [0.1, 0.15) is 18.1 Å². The fraction of sp³-hybridized carbons (Fsp3) is 0.333. The van der Waals surface area contributed by atoms with E-state index in [1.54, 1.807) is 11.8 Å². The topological polar surface area (TPSA) is 61.4 Å². The van der Waals surface area contributed by atoms with E-state index in [9.17, 15) is 18.4 Å². The molecule has 0 aliphatic carbocycles. The summed E-state index contributed by atoms with van der Waals surface area (Å²) in [5.41, 5.74) is 1.86. The SMILES string of the molecule is CCN(CC(=O)NCCc1ccccc1C)CC(=O)Nc1c(F)cccc1F. The van der Waals surface area contributed by atoms with Crippen LogP contribution in [0.5, 0.6) is 0 Å². The Kier molecular flexibility index (Phi) is 8.07. The summed E-state index contributed by atoms with van der Waals surface area (Å²) in [6, 6.07) is 11.3. The molecule has 0 radical (unpaired) electrons. The normalized spacial score (nSPS) is 10.8. The zero-order valence-corrected chi connectivity index (χ0v) is 16.1. The van der Waals surface area contributed by atoms with Crippen LogP contribution in [-0.2, 0) is 16.0 Å². The third kappa shape index (κ3) is 6.42. The van der Waals surface area contributed by atoms with Crippen LogP contribution >= 0.6 is 0 Å². The van der Waals surface area contributed by atoms with Crippen molar-refractivity contribution in [2.75, 3.05) is 31.5 Å². The number of halogens is 2. The molecular formula is C21H25F2N3O2. The number of anilines is 1. The fourth-order valence-corrected chi connectivity index (χ4v) is 2.76. The van der Waals surface area contributed by atoms with Crippen molar-refractivity contribution < 1.29 is 18.4 Å². The molecule has 0 aromatic heterocycles. The van der Waals surface area contributed by atoms with Gasteiger partial charge in [0.2, 0.25) is 11.8 Å². The van der Waals surface area contributed by atoms with Gasteiger partial charge < -0.3 is 10.6 Å². The number of para-hydroxylation sites is 1. The predicted octanol–water partition coefficient (Wildman–Crippen LogP) is 2.89. The molecule has 7 heteroatoms. The van der Waals surface area contributed by atoms with Gasteiger partial charge in [-0.25, -0.2) is 8.78 Å². The quantitative estimate of drug-likeness (QED) is 0.693. The molecule has 0 fully saturated rings. The minimum absolute atomic E-state index is 0.0252. The highest BCUT2D eigenvalue weighted by atomic mass is 19.1. The van der Waals surface area contributed by atoms with E-state index < -0.39 is 23.2 Å². The summed E-state index contributed by atoms with van der Waals surface area (Å²) in [6.45, 7) is 4.64. The number of benzene rings is 2. The Bertz CT molecular complexity index is 807. The van der Waals surface area contributed by atoms with Gasteiger partial charge in [-0.05, 0) is 43.1 Å². The molecule has 0 aliphatic rings. The van der Waals surface area contributed by atoms with Gasteiger partial charge in [0.25, 0.3) is 0 Å². The van der Waals surface area contributed by atoms with Crippen LogP contribution in [0.3, 0.4) is 0 Å². The van der Waals surface area contributed by atoms with E-state index >= 15 is 0 Å². The number of carbonyl (C=O) groups is 2. The molecule has 150 valence electrons. The first-order chi connectivity index (χ1) is 13.4. The lowest BCUT2D eigenvalue weighted by atomic mass is 10.1. The summed E-state index contributed by atoms with van der Waals surface area (Å²) < 4.78 is 27.2. The molecule has 0 unspecified atom stereocenters. The van der Waals surface area contributed by atoms with E-state index in [-0.39, 0.29) is 19.0 Å². The first kappa shape index (κ1) is 21.5. The minimum Gasteiger partial charge on any atom is -0.355 e. The average molecular weight is 389 g/mol. The molecule has 2 rings (SSSR count). The van der Waals surface area contributed by atoms with E-state index in [4.69, 9.17) is 0 Å². The molecule has 0 atom stereocenters. The zero-order valence-electron chi connectivity index (χ0n) is 16.1. The lowest BCUT2D eigenvalue weighted by Crippen LogP contribution is -2.41. The largest absolute Gasteiger partial charge is 0.355 e. The molecular weight excluding hydrogens is 364 g/mol. The Morgan fingerprint density at radius 2 is 1.61 bits per heavy atom. The monoisotopic (exact) mass is 389 g/mol. The highest BCUT2D eigenvalue weighted by Gasteiger charge is 2.16. The van der Waals surface area contributed by atoms with Crippen LogP contribution in [0.2, 0.25) is 0 Å². The van der Waals surface area contributed by atoms with Crippen molar-refractivity contribution in [3.63, 3.8) is 0 Å². The number of carbonyl (C=O) groups excluding carboxylic acids is 2. The molecule has 2 aromatic rings. The first-order valence-corrected chi connectivity index (χ1v) is 9.18. The van der Waals surface area contributed by atoms with Crippen molar-refractivity contribution in [1.29, 1.82) is 0 Å². The summed E-state index contributed by atoms with van der Waals surface area (Å²) in [5, 5.41) is 5.06. The number of hydrogen-bond acceptors (Lipinski definition) is 3. The van der Waals surface area contributed by atoms with Crippen molar-refractivity contribution >= 4 is 17.5 Å². The van der Waals surface area contributed by atoms with Crippen LogP contribution in [-0.4, -0.2) is 42.9 Å². The Morgan fingerprint density at radius 1 is 0.964 bits per heavy atom. The molecule has 0 spiro atoms. The summed E-state index contributed by atoms with van der Waals surface area (Å²) >= 11 is 0. The second-order valence-corrected chi connectivity index (χ2v) is 6.47. The van der Waals surface area contributed by atoms with Gasteiger partial charge in [0.1, 0.15) is 17.3 Å². The lowest BCUT2D eigenvalue weighted by Gasteiger charge is -2.19. The first-order valence-electron chi connectivity index (χ1n) is 9.18. The van der Waals surface area contributed by atoms with Crippen molar-refractivity contribution in [3.8, 4) is 0 Å². The number of rotatable bonds is 9. The standard InChI is InChI=1S/C21H25F2N3O2/c1-3-26(14-20(28)25-21-17(22)9-6-10-18(21)23)13-19(27)24-12-11-16-8-5-4-7-15(16)2/h4-10H,3,11-14H2,1-2H3,(H,24,27)(H,25,28). The zero-order chi connectivity index (χ0) is 20.5. The van der Waals surface area contributed by atoms with Crippen molar-refractivity contribution in [1.82, 2.24) is 10.2 Å². The maximum absolute atomic E-state index is 13.6. The summed E-state index contributed by atoms with van der Waals surface area (Å²) in [4.78, 5) is 25.8. The second kappa shape index (κ2) is 10.5. The number of amides is 2. The number of hydrogen-bond donors (Lipinski definition) is 2. The Morgan fingerprint density at radius 3 is 2.25 bits per heavy atom. The van der Waals surface area contributed by atoms with Gasteiger partial charge in [-0.15, -0.1) is 0 Å². The van der Waals surface area contributed by atoms with Crippen LogP contribution in [0.25, 0.3) is 0 Å². The highest BCUT2D eigenvalue weighted by Crippen LogP contribution is 2.17. The third-order valence-electron chi connectivity index (χ3n) is 4.39. The van der Waals surface area contributed by atoms with Crippen molar-refractivity contribution in [3.05, 3.63) is 65.2 Å². The van der Waals surface area contributed by atoms with E-state index in [1.807, 2.05) is 31.2 Å². The minimum atomic E-state index is -0.842. The Hall–Kier alpha value is -2.80. The van der Waals surface area contributed by atoms with Crippen LogP contribution < -0.4 is 10.6 Å². The lowest BCUT2D eigenvalue weighted by molar-refractivity contribution is -0.123. The fourth-order valence-electron chi connectivity index (χ4n) is 2.76. The van der Waals surface area contributed by atoms with Gasteiger partial charge >= 0.3 is 0 Å². The summed E-state index contributed by atoms with van der Waals surface area (Å²) in [6.07, 6.45) is 0.720. The number of likely N-dealkylation sites (N-methyl/N-ethyl adjacent to an activating group) is 1. The highest BCUT2D eigenvalue weighted by molar-refractivity contribution is 5.92. The molecule has 28 heavy (non-hydrogen) atoms. The molecule has 2 aromatic carbocycles. The molecule has 2 amide bonds. The van der Waals surface area contributed by atoms with E-state index in [0.717, 1.165) is 18.6 Å². The van der Waals surface area contributed by atoms with E-state index in [2.05, 4.69) is 10.6 Å². The maximum atomic E-state index is 13.6. The molecule has 0 heterocycles. The van der Waals surface area contributed by atoms with Crippen LogP contribution in [0.4, 0.5) is 14.5 Å². The van der Waals surface area contributed by atoms with Gasteiger partial charge in [0, 0.05) is 6.54 Å². The van der Waals surface area contributed by atoms with Gasteiger partial charge in [-0.3, -0.25) is 14.5 Å². The van der Waals surface area contributed by atoms with E-state index in [0.29, 0.717) is 13.1 Å². The van der Waals surface area contributed by atoms with Gasteiger partial charge in [0.15, 0.2) is 0 Å². The molecule has 0 bridgehead atoms. The van der Waals surface area contributed by atoms with E-state index in [1.165, 1.54) is 17.2 Å². The maximum Gasteiger partial charge on any atom is 0.238 e. The number of aryl methyl sites for hydroxylation is 1. The Labute approximate surface area is 163 Å². The van der Waals surface area contributed by atoms with Gasteiger partial charge in [0.05, 0.1) is 13.1 Å². The molecule has 5 nitrogen and oxygen atoms in total. The summed E-state index contributed by atoms with van der Waals surface area (Å²) in [5.74, 6) is -2.48. The molecule has 2 N–H and O–H groups in total. The van der Waals surface area contributed by atoms with Crippen LogP contribution in [0, 0.1) is 18.6 Å². The van der Waals surface area contributed by atoms with Gasteiger partial charge in [-0.2, -0.15) is 0 Å². The number of nitrogens with one attached hydrogen (secondary N) is 2. The number of nitrogens with zero attached hydrogens (tertiary/aromatic N) is 1. The summed E-state index contributed by atoms with van der Waals surface area (Å²) in [7, 11) is 0. The smallest absolute Gasteiger partial charge is 0.238 e. The molecule has 0 saturated carbocycles. The average Bonchev–Trinajstić information content (AvgIpc) is 2.66. The van der Waals surface area contributed by atoms with Crippen molar-refractivity contribution in [2.24, 2.45) is 0 Å². The predicted molar refractivity (Wildman–Crippen MR) is 105 cm³/mol. The van der Waals surface area contributed by atoms with Crippen molar-refractivity contribution in [2.45, 2.75) is 20.3 Å². The van der Waals surface area contributed by atoms with Gasteiger partial charge in [-0.1, -0.05) is 37.3 Å². The molecule has 0 aliphatic heterocycles. The second-order valence-electron chi connectivity index (χ2n) is 6.47. The molecule has 0 saturated heterocycles. The Balaban J connectivity index is 1.80. The third-order valence-corrected chi connectivity index (χ3v) is 4.39. The van der Waals surface area contributed by atoms with Crippen LogP contribution in [0.15, 0.2) is 42.5 Å².